The van der Waals surface area contributed by atoms with Gasteiger partial charge in [0.1, 0.15) is 0 Å². The molecule has 1 fully saturated rings. The minimum Gasteiger partial charge on any atom is -0.465 e. The third kappa shape index (κ3) is 3.60. The van der Waals surface area contributed by atoms with Gasteiger partial charge in [0.05, 0.1) is 6.04 Å². The summed E-state index contributed by atoms with van der Waals surface area (Å²) in [6.45, 7) is 1.06. The third-order valence-corrected chi connectivity index (χ3v) is 2.89. The number of rotatable bonds is 1. The Morgan fingerprint density at radius 3 is 3.00 bits per heavy atom. The number of likely N-dealkylation sites (tertiary alicyclic amines) is 1. The van der Waals surface area contributed by atoms with Gasteiger partial charge in [0.25, 0.3) is 0 Å². The molecule has 1 aliphatic rings. The Hall–Kier alpha value is -0.950. The Labute approximate surface area is 92.9 Å². The van der Waals surface area contributed by atoms with Crippen molar-refractivity contribution in [3.8, 4) is 0 Å². The first-order chi connectivity index (χ1) is 7.17. The molecule has 0 bridgehead atoms. The van der Waals surface area contributed by atoms with Gasteiger partial charge >= 0.3 is 6.09 Å². The average Bonchev–Trinajstić information content (AvgIpc) is 2.26. The molecule has 86 valence electrons. The van der Waals surface area contributed by atoms with E-state index >= 15 is 0 Å². The highest BCUT2D eigenvalue weighted by atomic mass is 32.2. The van der Waals surface area contributed by atoms with Gasteiger partial charge in [-0.05, 0) is 19.1 Å². The lowest BCUT2D eigenvalue weighted by Crippen LogP contribution is -2.41. The van der Waals surface area contributed by atoms with Gasteiger partial charge in [-0.3, -0.25) is 4.99 Å². The van der Waals surface area contributed by atoms with Crippen molar-refractivity contribution >= 4 is 23.0 Å². The highest BCUT2D eigenvalue weighted by molar-refractivity contribution is 8.13. The number of hydrazine groups is 1. The molecule has 1 rings (SSSR count). The summed E-state index contributed by atoms with van der Waals surface area (Å²) in [4.78, 5) is 16.5. The molecule has 0 saturated carbocycles. The number of amidine groups is 1. The van der Waals surface area contributed by atoms with Gasteiger partial charge in [-0.25, -0.2) is 10.6 Å². The van der Waals surface area contributed by atoms with Crippen LogP contribution in [0.3, 0.4) is 0 Å². The van der Waals surface area contributed by atoms with Crippen molar-refractivity contribution in [1.29, 1.82) is 0 Å². The summed E-state index contributed by atoms with van der Waals surface area (Å²) in [5, 5.41) is 9.48. The summed E-state index contributed by atoms with van der Waals surface area (Å²) >= 11 is 1.42. The fourth-order valence-corrected chi connectivity index (χ4v) is 1.92. The number of piperidine rings is 1. The van der Waals surface area contributed by atoms with Crippen LogP contribution in [0, 0.1) is 0 Å². The van der Waals surface area contributed by atoms with Crippen molar-refractivity contribution in [3.63, 3.8) is 0 Å². The molecular formula is C8H16N4O2S. The first-order valence-corrected chi connectivity index (χ1v) is 5.96. The van der Waals surface area contributed by atoms with Crippen molar-refractivity contribution in [2.45, 2.75) is 18.9 Å². The largest absolute Gasteiger partial charge is 0.465 e. The Balaban J connectivity index is 2.56. The predicted octanol–water partition coefficient (Wildman–Crippen LogP) is 0.311. The first kappa shape index (κ1) is 12.1. The lowest BCUT2D eigenvalue weighted by molar-refractivity contribution is 0.131. The molecular weight excluding hydrogens is 216 g/mol. The summed E-state index contributed by atoms with van der Waals surface area (Å²) < 4.78 is 0. The number of nitrogens with zero attached hydrogens (tertiary/aromatic N) is 2. The minimum atomic E-state index is -0.874. The SMILES string of the molecule is CSC(=N[C@@H]1CCCN(C(=O)O)C1)NN. The van der Waals surface area contributed by atoms with E-state index in [1.807, 2.05) is 6.26 Å². The lowest BCUT2D eigenvalue weighted by Gasteiger charge is -2.28. The Bertz CT molecular complexity index is 253. The zero-order valence-electron chi connectivity index (χ0n) is 8.64. The quantitative estimate of drug-likeness (QED) is 0.262. The summed E-state index contributed by atoms with van der Waals surface area (Å²) in [6.07, 6.45) is 2.76. The Kier molecular flexibility index (Phi) is 4.70. The predicted molar refractivity (Wildman–Crippen MR) is 60.9 cm³/mol. The summed E-state index contributed by atoms with van der Waals surface area (Å²) in [7, 11) is 0. The molecule has 4 N–H and O–H groups in total. The zero-order valence-corrected chi connectivity index (χ0v) is 9.46. The summed E-state index contributed by atoms with van der Waals surface area (Å²) in [6, 6.07) is 0.0216. The highest BCUT2D eigenvalue weighted by Gasteiger charge is 2.22. The van der Waals surface area contributed by atoms with Crippen molar-refractivity contribution in [2.75, 3.05) is 19.3 Å². The molecule has 1 heterocycles. The van der Waals surface area contributed by atoms with E-state index in [2.05, 4.69) is 10.4 Å². The van der Waals surface area contributed by atoms with Gasteiger partial charge in [-0.2, -0.15) is 0 Å². The molecule has 0 radical (unpaired) electrons. The van der Waals surface area contributed by atoms with Crippen molar-refractivity contribution in [3.05, 3.63) is 0 Å². The van der Waals surface area contributed by atoms with Crippen molar-refractivity contribution in [1.82, 2.24) is 10.3 Å². The van der Waals surface area contributed by atoms with Crippen molar-refractivity contribution in [2.24, 2.45) is 10.8 Å². The van der Waals surface area contributed by atoms with E-state index in [-0.39, 0.29) is 6.04 Å². The number of amides is 1. The maximum Gasteiger partial charge on any atom is 0.407 e. The summed E-state index contributed by atoms with van der Waals surface area (Å²) in [5.74, 6) is 5.26. The number of nitrogens with two attached hydrogens (primary N) is 1. The molecule has 0 aromatic heterocycles. The fraction of sp³-hybridized carbons (Fsp3) is 0.750. The van der Waals surface area contributed by atoms with Gasteiger partial charge in [-0.1, -0.05) is 11.8 Å². The second kappa shape index (κ2) is 5.82. The molecule has 0 aliphatic carbocycles. The molecule has 0 aromatic rings. The second-order valence-electron chi connectivity index (χ2n) is 3.31. The van der Waals surface area contributed by atoms with Crippen LogP contribution in [0.1, 0.15) is 12.8 Å². The maximum absolute atomic E-state index is 10.8. The van der Waals surface area contributed by atoms with Crippen LogP contribution < -0.4 is 11.3 Å². The topological polar surface area (TPSA) is 91.0 Å². The van der Waals surface area contributed by atoms with Crippen LogP contribution in [-0.2, 0) is 0 Å². The number of carboxylic acid groups (broad SMARTS) is 1. The average molecular weight is 232 g/mol. The van der Waals surface area contributed by atoms with Gasteiger partial charge in [0.2, 0.25) is 0 Å². The monoisotopic (exact) mass is 232 g/mol. The van der Waals surface area contributed by atoms with Crippen LogP contribution in [0.25, 0.3) is 0 Å². The van der Waals surface area contributed by atoms with Crippen LogP contribution >= 0.6 is 11.8 Å². The number of carbonyl (C=O) groups is 1. The maximum atomic E-state index is 10.8. The number of hydrogen-bond donors (Lipinski definition) is 3. The van der Waals surface area contributed by atoms with Gasteiger partial charge in [-0.15, -0.1) is 0 Å². The van der Waals surface area contributed by atoms with Crippen molar-refractivity contribution < 1.29 is 9.90 Å². The molecule has 1 aliphatic heterocycles. The van der Waals surface area contributed by atoms with E-state index in [9.17, 15) is 4.79 Å². The smallest absolute Gasteiger partial charge is 0.407 e. The molecule has 15 heavy (non-hydrogen) atoms. The third-order valence-electron chi connectivity index (χ3n) is 2.28. The fourth-order valence-electron chi connectivity index (χ4n) is 1.55. The van der Waals surface area contributed by atoms with Gasteiger partial charge < -0.3 is 15.4 Å². The van der Waals surface area contributed by atoms with E-state index in [4.69, 9.17) is 10.9 Å². The number of thioether (sulfide) groups is 1. The summed E-state index contributed by atoms with van der Waals surface area (Å²) in [5.41, 5.74) is 2.49. The van der Waals surface area contributed by atoms with E-state index in [1.54, 1.807) is 0 Å². The lowest BCUT2D eigenvalue weighted by atomic mass is 10.1. The van der Waals surface area contributed by atoms with Gasteiger partial charge in [0, 0.05) is 13.1 Å². The highest BCUT2D eigenvalue weighted by Crippen LogP contribution is 2.14. The molecule has 7 heteroatoms. The normalized spacial score (nSPS) is 22.7. The number of aliphatic imine (C=N–C) groups is 1. The van der Waals surface area contributed by atoms with Crippen LogP contribution in [0.2, 0.25) is 0 Å². The Morgan fingerprint density at radius 1 is 1.73 bits per heavy atom. The van der Waals surface area contributed by atoms with Crippen LogP contribution in [0.4, 0.5) is 4.79 Å². The van der Waals surface area contributed by atoms with Crippen LogP contribution in [0.15, 0.2) is 4.99 Å². The Morgan fingerprint density at radius 2 is 2.47 bits per heavy atom. The molecule has 1 amide bonds. The molecule has 0 aromatic carbocycles. The first-order valence-electron chi connectivity index (χ1n) is 4.73. The number of nitrogens with one attached hydrogen (secondary N) is 1. The van der Waals surface area contributed by atoms with E-state index in [1.165, 1.54) is 16.7 Å². The number of hydrogen-bond acceptors (Lipinski definition) is 4. The minimum absolute atomic E-state index is 0.0216. The molecule has 0 spiro atoms. The molecule has 1 saturated heterocycles. The molecule has 6 nitrogen and oxygen atoms in total. The standard InChI is InChI=1S/C8H16N4O2S/c1-15-7(11-9)10-6-3-2-4-12(5-6)8(13)14/h6H,2-5,9H2,1H3,(H,10,11)(H,13,14)/t6-/m1/s1. The molecule has 1 atom stereocenters. The van der Waals surface area contributed by atoms with Gasteiger partial charge in [0.15, 0.2) is 5.17 Å². The van der Waals surface area contributed by atoms with E-state index in [0.717, 1.165) is 12.8 Å². The second-order valence-corrected chi connectivity index (χ2v) is 4.10. The van der Waals surface area contributed by atoms with Crippen LogP contribution in [0.5, 0.6) is 0 Å². The zero-order chi connectivity index (χ0) is 11.3. The van der Waals surface area contributed by atoms with E-state index < -0.39 is 6.09 Å². The van der Waals surface area contributed by atoms with Crippen LogP contribution in [-0.4, -0.2) is 46.7 Å². The van der Waals surface area contributed by atoms with E-state index in [0.29, 0.717) is 18.3 Å². The molecule has 0 unspecified atom stereocenters.